The smallest absolute Gasteiger partial charge is 0 e. The Balaban J connectivity index is 0.00000243. The number of aryl methyl sites for hydroxylation is 2. The van der Waals surface area contributed by atoms with E-state index in [1.165, 1.54) is 84.4 Å². The molecule has 0 aliphatic carbocycles. The molecule has 0 nitrogen and oxygen atoms in total. The van der Waals surface area contributed by atoms with E-state index in [-0.39, 0.29) is 26.2 Å². The van der Waals surface area contributed by atoms with Crippen LogP contribution in [0.3, 0.4) is 0 Å². The molecular weight excluding hydrogens is 391 g/mol. The minimum atomic E-state index is 0. The molecule has 0 aliphatic heterocycles. The van der Waals surface area contributed by atoms with Crippen molar-refractivity contribution in [2.75, 3.05) is 0 Å². The van der Waals surface area contributed by atoms with E-state index >= 15 is 0 Å². The van der Waals surface area contributed by atoms with Crippen molar-refractivity contribution in [1.29, 1.82) is 0 Å². The van der Waals surface area contributed by atoms with Crippen LogP contribution in [-0.2, 0) is 39.0 Å². The van der Waals surface area contributed by atoms with Crippen LogP contribution in [0, 0.1) is 0 Å². The van der Waals surface area contributed by atoms with Gasteiger partial charge in [-0.2, -0.15) is 6.07 Å². The van der Waals surface area contributed by atoms with Crippen LogP contribution in [-0.4, -0.2) is 0 Å². The second kappa shape index (κ2) is 10.9. The molecule has 0 aliphatic rings. The van der Waals surface area contributed by atoms with Gasteiger partial charge in [0.1, 0.15) is 0 Å². The molecular formula is C25H31Zr-. The average Bonchev–Trinajstić information content (AvgIpc) is 3.07. The van der Waals surface area contributed by atoms with Crippen molar-refractivity contribution in [2.45, 2.75) is 65.2 Å². The summed E-state index contributed by atoms with van der Waals surface area (Å²) < 4.78 is 0. The van der Waals surface area contributed by atoms with E-state index in [0.29, 0.717) is 0 Å². The molecule has 0 radical (unpaired) electrons. The quantitative estimate of drug-likeness (QED) is 0.245. The van der Waals surface area contributed by atoms with Gasteiger partial charge in [-0.1, -0.05) is 81.8 Å². The van der Waals surface area contributed by atoms with Gasteiger partial charge in [0.05, 0.1) is 0 Å². The van der Waals surface area contributed by atoms with Gasteiger partial charge < -0.3 is 0 Å². The summed E-state index contributed by atoms with van der Waals surface area (Å²) in [5.41, 5.74) is 5.67. The summed E-state index contributed by atoms with van der Waals surface area (Å²) in [6.45, 7) is 4.53. The van der Waals surface area contributed by atoms with Crippen molar-refractivity contribution in [3.8, 4) is 11.1 Å². The number of fused-ring (bicyclic) bond motifs is 1. The minimum absolute atomic E-state index is 0. The maximum atomic E-state index is 2.42. The average molecular weight is 423 g/mol. The molecule has 1 heteroatoms. The van der Waals surface area contributed by atoms with Crippen molar-refractivity contribution in [1.82, 2.24) is 0 Å². The van der Waals surface area contributed by atoms with Crippen molar-refractivity contribution in [3.05, 3.63) is 65.7 Å². The molecule has 136 valence electrons. The van der Waals surface area contributed by atoms with E-state index in [9.17, 15) is 0 Å². The molecule has 0 N–H and O–H groups in total. The number of rotatable bonds is 9. The maximum Gasteiger partial charge on any atom is 0 e. The molecule has 0 spiro atoms. The molecule has 0 unspecified atom stereocenters. The SMILES string of the molecule is CCCCCCc1cc2c(-c3ccc(CCCC)cc3)cccc2[cH-]1.[Zr]. The zero-order valence-electron chi connectivity index (χ0n) is 16.4. The largest absolute Gasteiger partial charge is 0.164 e. The van der Waals surface area contributed by atoms with Crippen LogP contribution < -0.4 is 0 Å². The van der Waals surface area contributed by atoms with Gasteiger partial charge in [0.15, 0.2) is 0 Å². The molecule has 3 rings (SSSR count). The summed E-state index contributed by atoms with van der Waals surface area (Å²) in [5, 5.41) is 2.80. The predicted molar refractivity (Wildman–Crippen MR) is 111 cm³/mol. The fourth-order valence-corrected chi connectivity index (χ4v) is 3.68. The first-order valence-corrected chi connectivity index (χ1v) is 10.1. The molecule has 0 saturated heterocycles. The van der Waals surface area contributed by atoms with E-state index in [1.807, 2.05) is 0 Å². The predicted octanol–water partition coefficient (Wildman–Crippen LogP) is 7.69. The van der Waals surface area contributed by atoms with Gasteiger partial charge in [-0.3, -0.25) is 0 Å². The first-order valence-electron chi connectivity index (χ1n) is 10.1. The topological polar surface area (TPSA) is 0 Å². The molecule has 0 saturated carbocycles. The van der Waals surface area contributed by atoms with E-state index in [1.54, 1.807) is 0 Å². The Kier molecular flexibility index (Phi) is 8.93. The van der Waals surface area contributed by atoms with Crippen LogP contribution in [0.25, 0.3) is 21.9 Å². The van der Waals surface area contributed by atoms with Gasteiger partial charge in [-0.05, 0) is 30.4 Å². The Morgan fingerprint density at radius 1 is 0.769 bits per heavy atom. The normalized spacial score (nSPS) is 10.8. The van der Waals surface area contributed by atoms with Crippen molar-refractivity contribution in [3.63, 3.8) is 0 Å². The van der Waals surface area contributed by atoms with Gasteiger partial charge in [0, 0.05) is 26.2 Å². The van der Waals surface area contributed by atoms with Crippen LogP contribution in [0.2, 0.25) is 0 Å². The molecule has 0 heterocycles. The van der Waals surface area contributed by atoms with E-state index in [4.69, 9.17) is 0 Å². The summed E-state index contributed by atoms with van der Waals surface area (Å²) in [4.78, 5) is 0. The second-order valence-corrected chi connectivity index (χ2v) is 7.28. The summed E-state index contributed by atoms with van der Waals surface area (Å²) in [5.74, 6) is 0. The molecule has 3 aromatic rings. The van der Waals surface area contributed by atoms with E-state index < -0.39 is 0 Å². The Hall–Kier alpha value is -1.07. The van der Waals surface area contributed by atoms with Crippen molar-refractivity contribution >= 4 is 10.8 Å². The van der Waals surface area contributed by atoms with Crippen LogP contribution >= 0.6 is 0 Å². The fourth-order valence-electron chi connectivity index (χ4n) is 3.68. The van der Waals surface area contributed by atoms with Crippen molar-refractivity contribution < 1.29 is 26.2 Å². The Bertz CT molecular complexity index is 780. The Morgan fingerprint density at radius 2 is 1.54 bits per heavy atom. The van der Waals surface area contributed by atoms with Gasteiger partial charge in [-0.15, -0.1) is 34.5 Å². The van der Waals surface area contributed by atoms with E-state index in [2.05, 4.69) is 68.4 Å². The third-order valence-electron chi connectivity index (χ3n) is 5.21. The molecule has 0 aromatic heterocycles. The Labute approximate surface area is 178 Å². The number of hydrogen-bond donors (Lipinski definition) is 0. The summed E-state index contributed by atoms with van der Waals surface area (Å²) in [6.07, 6.45) is 10.3. The second-order valence-electron chi connectivity index (χ2n) is 7.28. The van der Waals surface area contributed by atoms with Crippen LogP contribution in [0.5, 0.6) is 0 Å². The standard InChI is InChI=1S/C25H31.Zr/c1-3-5-7-8-11-21-18-23-12-9-13-24(25(23)19-21)22-16-14-20(15-17-22)10-6-4-2;/h9,12-19H,3-8,10-11H2,1-2H3;/q-1;. The monoisotopic (exact) mass is 421 g/mol. The van der Waals surface area contributed by atoms with E-state index in [0.717, 1.165) is 0 Å². The minimum Gasteiger partial charge on any atom is -0.164 e. The van der Waals surface area contributed by atoms with Gasteiger partial charge >= 0.3 is 0 Å². The van der Waals surface area contributed by atoms with Crippen molar-refractivity contribution in [2.24, 2.45) is 0 Å². The van der Waals surface area contributed by atoms with Crippen LogP contribution in [0.15, 0.2) is 54.6 Å². The Morgan fingerprint density at radius 3 is 2.27 bits per heavy atom. The number of hydrogen-bond acceptors (Lipinski definition) is 0. The molecule has 0 bridgehead atoms. The first-order chi connectivity index (χ1) is 12.3. The fraction of sp³-hybridized carbons (Fsp3) is 0.400. The van der Waals surface area contributed by atoms with Gasteiger partial charge in [0.2, 0.25) is 0 Å². The summed E-state index contributed by atoms with van der Waals surface area (Å²) in [6, 6.07) is 20.7. The molecule has 3 aromatic carbocycles. The van der Waals surface area contributed by atoms with Gasteiger partial charge in [-0.25, -0.2) is 0 Å². The van der Waals surface area contributed by atoms with Gasteiger partial charge in [0.25, 0.3) is 0 Å². The maximum absolute atomic E-state index is 2.42. The third kappa shape index (κ3) is 5.46. The van der Waals surface area contributed by atoms with Crippen LogP contribution in [0.1, 0.15) is 63.5 Å². The zero-order chi connectivity index (χ0) is 17.5. The summed E-state index contributed by atoms with van der Waals surface area (Å²) >= 11 is 0. The van der Waals surface area contributed by atoms with Crippen LogP contribution in [0.4, 0.5) is 0 Å². The number of unbranched alkanes of at least 4 members (excludes halogenated alkanes) is 4. The first kappa shape index (κ1) is 21.2. The molecule has 0 atom stereocenters. The third-order valence-corrected chi connectivity index (χ3v) is 5.21. The zero-order valence-corrected chi connectivity index (χ0v) is 18.8. The molecule has 0 amide bonds. The number of benzene rings is 2. The summed E-state index contributed by atoms with van der Waals surface area (Å²) in [7, 11) is 0. The molecule has 0 fully saturated rings. The molecule has 26 heavy (non-hydrogen) atoms.